The fourth-order valence-corrected chi connectivity index (χ4v) is 10.0. The highest BCUT2D eigenvalue weighted by Crippen LogP contribution is 2.18. The summed E-state index contributed by atoms with van der Waals surface area (Å²) in [5.41, 5.74) is 0. The van der Waals surface area contributed by atoms with E-state index in [1.165, 1.54) is 186 Å². The third kappa shape index (κ3) is 65.3. The van der Waals surface area contributed by atoms with Crippen LogP contribution in [0.3, 0.4) is 0 Å². The molecule has 1 amide bonds. The molecule has 0 aliphatic heterocycles. The van der Waals surface area contributed by atoms with Gasteiger partial charge in [-0.15, -0.1) is 0 Å². The number of nitrogens with one attached hydrogen (secondary N) is 1. The molecule has 80 heavy (non-hydrogen) atoms. The van der Waals surface area contributed by atoms with E-state index in [1.807, 2.05) is 0 Å². The van der Waals surface area contributed by atoms with Gasteiger partial charge in [0.15, 0.2) is 0 Å². The minimum absolute atomic E-state index is 0.0515. The molecule has 2 unspecified atom stereocenters. The molecular weight excluding hydrogens is 975 g/mol. The van der Waals surface area contributed by atoms with Crippen LogP contribution >= 0.6 is 0 Å². The van der Waals surface area contributed by atoms with Crippen molar-refractivity contribution in [1.29, 1.82) is 0 Å². The molecule has 0 aliphatic rings. The first-order valence-corrected chi connectivity index (χ1v) is 34.4. The fourth-order valence-electron chi connectivity index (χ4n) is 10.0. The molecule has 0 radical (unpaired) electrons. The number of carbonyl (C=O) groups excluding carboxylic acids is 1. The standard InChI is InChI=1S/C76H131NO3/c1-3-5-7-9-11-13-15-17-19-21-23-25-27-29-31-33-34-35-36-37-38-39-40-41-42-44-46-48-50-52-54-56-58-60-62-64-66-68-70-72-76(80)77-74(73-78)75(79)71-69-67-65-63-61-59-57-55-53-51-49-47-45-43-32-30-28-26-24-22-20-18-16-14-12-10-8-6-4-2/h5,7,11,13,17,19,23,25,29,31,34-35,37-38,40-41,44,46,50,52,56,58,74-75,78-79H,3-4,6,8-10,12,14-16,18,20-22,24,26-28,30,32-33,36,39,42-43,45,47-49,51,53-55,57,59-73H2,1-2H3,(H,77,80)/b7-5-,13-11-,19-17-,25-23-,31-29-,35-34-,38-37-,41-40-,46-44-,52-50-,58-56-. The lowest BCUT2D eigenvalue weighted by molar-refractivity contribution is -0.123. The first kappa shape index (κ1) is 76.5. The maximum atomic E-state index is 12.6. The Morgan fingerprint density at radius 1 is 0.312 bits per heavy atom. The highest BCUT2D eigenvalue weighted by atomic mass is 16.3. The molecule has 0 saturated heterocycles. The predicted octanol–water partition coefficient (Wildman–Crippen LogP) is 23.7. The number of aliphatic hydroxyl groups excluding tert-OH is 2. The van der Waals surface area contributed by atoms with Gasteiger partial charge in [0.1, 0.15) is 0 Å². The van der Waals surface area contributed by atoms with Gasteiger partial charge >= 0.3 is 0 Å². The van der Waals surface area contributed by atoms with E-state index in [0.29, 0.717) is 12.8 Å². The molecule has 0 aromatic rings. The highest BCUT2D eigenvalue weighted by molar-refractivity contribution is 5.76. The Balaban J connectivity index is 3.58. The van der Waals surface area contributed by atoms with Crippen LogP contribution in [-0.4, -0.2) is 34.9 Å². The van der Waals surface area contributed by atoms with Gasteiger partial charge in [0.2, 0.25) is 5.91 Å². The number of hydrogen-bond acceptors (Lipinski definition) is 3. The predicted molar refractivity (Wildman–Crippen MR) is 359 cm³/mol. The summed E-state index contributed by atoms with van der Waals surface area (Å²) in [5.74, 6) is -0.0515. The Kier molecular flexibility index (Phi) is 66.8. The highest BCUT2D eigenvalue weighted by Gasteiger charge is 2.20. The van der Waals surface area contributed by atoms with E-state index in [4.69, 9.17) is 0 Å². The Bertz CT molecular complexity index is 1590. The van der Waals surface area contributed by atoms with Crippen molar-refractivity contribution < 1.29 is 15.0 Å². The summed E-state index contributed by atoms with van der Waals surface area (Å²) < 4.78 is 0. The van der Waals surface area contributed by atoms with Crippen molar-refractivity contribution in [2.45, 2.75) is 334 Å². The van der Waals surface area contributed by atoms with Gasteiger partial charge in [0, 0.05) is 6.42 Å². The average Bonchev–Trinajstić information content (AvgIpc) is 3.46. The van der Waals surface area contributed by atoms with E-state index < -0.39 is 12.1 Å². The van der Waals surface area contributed by atoms with Gasteiger partial charge < -0.3 is 15.5 Å². The number of hydrogen-bond donors (Lipinski definition) is 3. The molecule has 0 aromatic carbocycles. The van der Waals surface area contributed by atoms with Gasteiger partial charge in [-0.3, -0.25) is 4.79 Å². The summed E-state index contributed by atoms with van der Waals surface area (Å²) in [4.78, 5) is 12.6. The molecule has 4 heteroatoms. The van der Waals surface area contributed by atoms with Crippen molar-refractivity contribution >= 4 is 5.91 Å². The Labute approximate surface area is 498 Å². The van der Waals surface area contributed by atoms with Crippen LogP contribution in [0.15, 0.2) is 134 Å². The van der Waals surface area contributed by atoms with E-state index in [1.54, 1.807) is 0 Å². The number of aliphatic hydroxyl groups is 2. The average molecular weight is 1110 g/mol. The maximum Gasteiger partial charge on any atom is 0.220 e. The molecular formula is C76H131NO3. The smallest absolute Gasteiger partial charge is 0.220 e. The molecule has 3 N–H and O–H groups in total. The van der Waals surface area contributed by atoms with Crippen molar-refractivity contribution in [3.63, 3.8) is 0 Å². The van der Waals surface area contributed by atoms with Crippen molar-refractivity contribution in [1.82, 2.24) is 5.32 Å². The van der Waals surface area contributed by atoms with E-state index >= 15 is 0 Å². The number of carbonyl (C=O) groups is 1. The minimum atomic E-state index is -0.680. The van der Waals surface area contributed by atoms with Crippen LogP contribution in [0.4, 0.5) is 0 Å². The van der Waals surface area contributed by atoms with Gasteiger partial charge in [0.05, 0.1) is 18.8 Å². The second kappa shape index (κ2) is 69.8. The van der Waals surface area contributed by atoms with Gasteiger partial charge in [0.25, 0.3) is 0 Å². The monoisotopic (exact) mass is 1110 g/mol. The molecule has 4 nitrogen and oxygen atoms in total. The molecule has 458 valence electrons. The molecule has 0 rings (SSSR count). The molecule has 0 fully saturated rings. The maximum absolute atomic E-state index is 12.6. The van der Waals surface area contributed by atoms with Gasteiger partial charge in [-0.2, -0.15) is 0 Å². The zero-order valence-corrected chi connectivity index (χ0v) is 52.8. The Hall–Kier alpha value is -3.47. The van der Waals surface area contributed by atoms with Crippen LogP contribution in [-0.2, 0) is 4.79 Å². The summed E-state index contributed by atoms with van der Waals surface area (Å²) in [7, 11) is 0. The number of unbranched alkanes of at least 4 members (excludes halogenated alkanes) is 33. The summed E-state index contributed by atoms with van der Waals surface area (Å²) in [6.07, 6.45) is 108. The quantitative estimate of drug-likeness (QED) is 0.0420. The summed E-state index contributed by atoms with van der Waals surface area (Å²) in [5, 5.41) is 23.4. The summed E-state index contributed by atoms with van der Waals surface area (Å²) in [6, 6.07) is -0.559. The van der Waals surface area contributed by atoms with Crippen LogP contribution in [0.1, 0.15) is 322 Å². The number of allylic oxidation sites excluding steroid dienone is 22. The minimum Gasteiger partial charge on any atom is -0.394 e. The lowest BCUT2D eigenvalue weighted by Gasteiger charge is -2.22. The van der Waals surface area contributed by atoms with Crippen molar-refractivity contribution in [2.75, 3.05) is 6.61 Å². The number of amides is 1. The van der Waals surface area contributed by atoms with E-state index in [9.17, 15) is 15.0 Å². The van der Waals surface area contributed by atoms with Gasteiger partial charge in [-0.25, -0.2) is 0 Å². The lowest BCUT2D eigenvalue weighted by atomic mass is 10.0. The molecule has 0 saturated carbocycles. The van der Waals surface area contributed by atoms with Crippen LogP contribution in [0, 0.1) is 0 Å². The topological polar surface area (TPSA) is 69.6 Å². The molecule has 0 aromatic heterocycles. The second-order valence-corrected chi connectivity index (χ2v) is 22.9. The largest absolute Gasteiger partial charge is 0.394 e. The van der Waals surface area contributed by atoms with E-state index in [-0.39, 0.29) is 12.5 Å². The molecule has 0 bridgehead atoms. The van der Waals surface area contributed by atoms with Crippen molar-refractivity contribution in [3.05, 3.63) is 134 Å². The first-order chi connectivity index (χ1) is 39.7. The van der Waals surface area contributed by atoms with Crippen LogP contribution in [0.25, 0.3) is 0 Å². The molecule has 0 heterocycles. The summed E-state index contributed by atoms with van der Waals surface area (Å²) >= 11 is 0. The zero-order chi connectivity index (χ0) is 57.6. The molecule has 0 aliphatic carbocycles. The first-order valence-electron chi connectivity index (χ1n) is 34.4. The number of rotatable bonds is 62. The normalized spacial score (nSPS) is 13.6. The van der Waals surface area contributed by atoms with Crippen LogP contribution in [0.5, 0.6) is 0 Å². The zero-order valence-electron chi connectivity index (χ0n) is 52.8. The van der Waals surface area contributed by atoms with E-state index in [0.717, 1.165) is 109 Å². The summed E-state index contributed by atoms with van der Waals surface area (Å²) in [6.45, 7) is 4.26. The Morgan fingerprint density at radius 2 is 0.550 bits per heavy atom. The van der Waals surface area contributed by atoms with Crippen LogP contribution in [0.2, 0.25) is 0 Å². The van der Waals surface area contributed by atoms with Crippen molar-refractivity contribution in [2.24, 2.45) is 0 Å². The lowest BCUT2D eigenvalue weighted by Crippen LogP contribution is -2.45. The SMILES string of the molecule is CC/C=C\C/C=C\C/C=C\C/C=C\C/C=C\C/C=C\C/C=C\C/C=C\C/C=C\C/C=C\C/C=C\CCCCCCCC(=O)NC(CO)C(O)CCCCCCCCCCCCCCCCCCCCCCCCCCCCCCC. The van der Waals surface area contributed by atoms with E-state index in [2.05, 4.69) is 153 Å². The van der Waals surface area contributed by atoms with Gasteiger partial charge in [-0.05, 0) is 96.3 Å². The molecule has 0 spiro atoms. The third-order valence-corrected chi connectivity index (χ3v) is 15.2. The van der Waals surface area contributed by atoms with Crippen molar-refractivity contribution in [3.8, 4) is 0 Å². The van der Waals surface area contributed by atoms with Gasteiger partial charge in [-0.1, -0.05) is 353 Å². The third-order valence-electron chi connectivity index (χ3n) is 15.2. The Morgan fingerprint density at radius 3 is 0.825 bits per heavy atom. The fraction of sp³-hybridized carbons (Fsp3) is 0.697. The van der Waals surface area contributed by atoms with Crippen LogP contribution < -0.4 is 5.32 Å². The second-order valence-electron chi connectivity index (χ2n) is 22.9. The molecule has 2 atom stereocenters.